The highest BCUT2D eigenvalue weighted by Crippen LogP contribution is 2.25. The van der Waals surface area contributed by atoms with Crippen LogP contribution in [0, 0.1) is 5.92 Å². The van der Waals surface area contributed by atoms with E-state index in [1.165, 1.54) is 5.69 Å². The molecular weight excluding hydrogens is 344 g/mol. The summed E-state index contributed by atoms with van der Waals surface area (Å²) in [6, 6.07) is 8.10. The molecule has 6 nitrogen and oxygen atoms in total. The van der Waals surface area contributed by atoms with Crippen LogP contribution in [0.1, 0.15) is 36.8 Å². The van der Waals surface area contributed by atoms with Crippen molar-refractivity contribution < 1.29 is 18.7 Å². The predicted molar refractivity (Wildman–Crippen MR) is 100 cm³/mol. The molecule has 1 amide bonds. The third kappa shape index (κ3) is 4.62. The van der Waals surface area contributed by atoms with E-state index in [2.05, 4.69) is 22.9 Å². The fraction of sp³-hybridized carbons (Fsp3) is 0.571. The minimum Gasteiger partial charge on any atom is -0.469 e. The van der Waals surface area contributed by atoms with Gasteiger partial charge in [0.2, 0.25) is 5.91 Å². The van der Waals surface area contributed by atoms with Gasteiger partial charge in [0.15, 0.2) is 0 Å². The number of hydrogen-bond donors (Lipinski definition) is 0. The molecular formula is C21H28N2O4. The zero-order valence-corrected chi connectivity index (χ0v) is 15.7. The fourth-order valence-electron chi connectivity index (χ4n) is 4.00. The lowest BCUT2D eigenvalue weighted by molar-refractivity contribution is -0.132. The molecule has 0 saturated carbocycles. The smallest absolute Gasteiger partial charge is 0.230 e. The van der Waals surface area contributed by atoms with Crippen molar-refractivity contribution in [2.45, 2.75) is 38.3 Å². The molecule has 0 radical (unpaired) electrons. The van der Waals surface area contributed by atoms with Crippen LogP contribution in [0.5, 0.6) is 0 Å². The van der Waals surface area contributed by atoms with Gasteiger partial charge in [-0.1, -0.05) is 0 Å². The first kappa shape index (κ1) is 18.3. The quantitative estimate of drug-likeness (QED) is 0.701. The number of nitrogens with zero attached hydrogens (tertiary/aromatic N) is 2. The third-order valence-corrected chi connectivity index (χ3v) is 5.59. The van der Waals surface area contributed by atoms with E-state index in [9.17, 15) is 4.79 Å². The molecule has 6 heteroatoms. The van der Waals surface area contributed by atoms with Gasteiger partial charge in [-0.05, 0) is 49.4 Å². The predicted octanol–water partition coefficient (Wildman–Crippen LogP) is 3.04. The Balaban J connectivity index is 1.30. The summed E-state index contributed by atoms with van der Waals surface area (Å²) in [4.78, 5) is 14.6. The van der Waals surface area contributed by atoms with Crippen molar-refractivity contribution in [1.29, 1.82) is 0 Å². The van der Waals surface area contributed by atoms with Crippen molar-refractivity contribution in [2.75, 3.05) is 33.0 Å². The van der Waals surface area contributed by atoms with Crippen molar-refractivity contribution in [2.24, 2.45) is 5.92 Å². The van der Waals surface area contributed by atoms with Gasteiger partial charge in [-0.15, -0.1) is 0 Å². The van der Waals surface area contributed by atoms with Gasteiger partial charge in [0.25, 0.3) is 0 Å². The minimum atomic E-state index is 0.116. The zero-order valence-electron chi connectivity index (χ0n) is 15.7. The van der Waals surface area contributed by atoms with E-state index in [1.54, 1.807) is 6.26 Å². The average molecular weight is 372 g/mol. The number of rotatable bonds is 7. The molecule has 0 N–H and O–H groups in total. The largest absolute Gasteiger partial charge is 0.469 e. The van der Waals surface area contributed by atoms with Gasteiger partial charge in [-0.2, -0.15) is 0 Å². The van der Waals surface area contributed by atoms with Gasteiger partial charge in [0.1, 0.15) is 5.76 Å². The van der Waals surface area contributed by atoms with E-state index in [0.717, 1.165) is 58.0 Å². The van der Waals surface area contributed by atoms with Crippen molar-refractivity contribution >= 4 is 5.91 Å². The summed E-state index contributed by atoms with van der Waals surface area (Å²) >= 11 is 0. The van der Waals surface area contributed by atoms with E-state index >= 15 is 0 Å². The van der Waals surface area contributed by atoms with Gasteiger partial charge < -0.3 is 23.4 Å². The third-order valence-electron chi connectivity index (χ3n) is 5.59. The summed E-state index contributed by atoms with van der Waals surface area (Å²) in [5.74, 6) is 1.46. The van der Waals surface area contributed by atoms with Crippen LogP contribution in [0.4, 0.5) is 0 Å². The molecule has 2 aromatic rings. The summed E-state index contributed by atoms with van der Waals surface area (Å²) < 4.78 is 19.0. The molecule has 1 atom stereocenters. The molecule has 4 rings (SSSR count). The SMILES string of the molecule is O=C(Cc1ccco1)N1Cc2cccn2[C@@H](CCOCC2CCOCC2)C1. The summed E-state index contributed by atoms with van der Waals surface area (Å²) in [5.41, 5.74) is 1.18. The second kappa shape index (κ2) is 8.76. The van der Waals surface area contributed by atoms with Crippen LogP contribution in [-0.2, 0) is 27.2 Å². The van der Waals surface area contributed by atoms with Crippen molar-refractivity contribution in [3.8, 4) is 0 Å². The van der Waals surface area contributed by atoms with Crippen LogP contribution >= 0.6 is 0 Å². The molecule has 2 aliphatic rings. The molecule has 4 heterocycles. The standard InChI is InChI=1S/C21H28N2O4/c24-21(13-20-4-2-9-27-20)22-14-18-3-1-8-23(18)19(15-22)7-12-26-16-17-5-10-25-11-6-17/h1-4,8-9,17,19H,5-7,10-16H2/t19-/m0/s1. The molecule has 0 spiro atoms. The number of carbonyl (C=O) groups is 1. The number of carbonyl (C=O) groups excluding carboxylic acids is 1. The molecule has 27 heavy (non-hydrogen) atoms. The molecule has 1 fully saturated rings. The highest BCUT2D eigenvalue weighted by molar-refractivity contribution is 5.78. The second-order valence-corrected chi connectivity index (χ2v) is 7.51. The van der Waals surface area contributed by atoms with Crippen molar-refractivity contribution in [1.82, 2.24) is 9.47 Å². The highest BCUT2D eigenvalue weighted by Gasteiger charge is 2.27. The van der Waals surface area contributed by atoms with Crippen LogP contribution in [-0.4, -0.2) is 48.3 Å². The monoisotopic (exact) mass is 372 g/mol. The van der Waals surface area contributed by atoms with E-state index < -0.39 is 0 Å². The molecule has 0 aliphatic carbocycles. The van der Waals surface area contributed by atoms with E-state index in [-0.39, 0.29) is 11.9 Å². The first-order valence-corrected chi connectivity index (χ1v) is 9.91. The number of amides is 1. The fourth-order valence-corrected chi connectivity index (χ4v) is 4.00. The van der Waals surface area contributed by atoms with Crippen LogP contribution in [0.25, 0.3) is 0 Å². The Kier molecular flexibility index (Phi) is 5.94. The summed E-state index contributed by atoms with van der Waals surface area (Å²) in [5, 5.41) is 0. The average Bonchev–Trinajstić information content (AvgIpc) is 3.37. The molecule has 0 aromatic carbocycles. The van der Waals surface area contributed by atoms with E-state index in [0.29, 0.717) is 18.9 Å². The Bertz CT molecular complexity index is 718. The van der Waals surface area contributed by atoms with E-state index in [1.807, 2.05) is 17.0 Å². The number of fused-ring (bicyclic) bond motifs is 1. The van der Waals surface area contributed by atoms with Crippen molar-refractivity contribution in [3.63, 3.8) is 0 Å². The second-order valence-electron chi connectivity index (χ2n) is 7.51. The number of furan rings is 1. The van der Waals surface area contributed by atoms with Gasteiger partial charge >= 0.3 is 0 Å². The van der Waals surface area contributed by atoms with Crippen LogP contribution in [0.2, 0.25) is 0 Å². The first-order valence-electron chi connectivity index (χ1n) is 9.91. The lowest BCUT2D eigenvalue weighted by atomic mass is 10.0. The van der Waals surface area contributed by atoms with Crippen LogP contribution < -0.4 is 0 Å². The van der Waals surface area contributed by atoms with Crippen LogP contribution in [0.3, 0.4) is 0 Å². The molecule has 2 aromatic heterocycles. The van der Waals surface area contributed by atoms with Crippen molar-refractivity contribution in [3.05, 3.63) is 48.2 Å². The number of aromatic nitrogens is 1. The van der Waals surface area contributed by atoms with E-state index in [4.69, 9.17) is 13.9 Å². The van der Waals surface area contributed by atoms with Gasteiger partial charge in [-0.3, -0.25) is 4.79 Å². The summed E-state index contributed by atoms with van der Waals surface area (Å²) in [6.07, 6.45) is 7.16. The number of hydrogen-bond acceptors (Lipinski definition) is 4. The maximum absolute atomic E-state index is 12.7. The van der Waals surface area contributed by atoms with Crippen LogP contribution in [0.15, 0.2) is 41.1 Å². The Morgan fingerprint density at radius 1 is 1.22 bits per heavy atom. The van der Waals surface area contributed by atoms with Gasteiger partial charge in [-0.25, -0.2) is 0 Å². The molecule has 2 aliphatic heterocycles. The Morgan fingerprint density at radius 3 is 2.93 bits per heavy atom. The lowest BCUT2D eigenvalue weighted by Crippen LogP contribution is -2.41. The normalized spacial score (nSPS) is 20.6. The lowest BCUT2D eigenvalue weighted by Gasteiger charge is -2.35. The maximum atomic E-state index is 12.7. The zero-order chi connectivity index (χ0) is 18.5. The summed E-state index contributed by atoms with van der Waals surface area (Å²) in [6.45, 7) is 4.63. The number of ether oxygens (including phenoxy) is 2. The van der Waals surface area contributed by atoms with Gasteiger partial charge in [0.05, 0.1) is 25.3 Å². The molecule has 0 bridgehead atoms. The maximum Gasteiger partial charge on any atom is 0.230 e. The Morgan fingerprint density at radius 2 is 2.11 bits per heavy atom. The highest BCUT2D eigenvalue weighted by atomic mass is 16.5. The first-order chi connectivity index (χ1) is 13.3. The molecule has 0 unspecified atom stereocenters. The molecule has 146 valence electrons. The Labute approximate surface area is 160 Å². The molecule has 1 saturated heterocycles. The Hall–Kier alpha value is -2.05. The topological polar surface area (TPSA) is 56.8 Å². The van der Waals surface area contributed by atoms with Gasteiger partial charge in [0, 0.05) is 44.9 Å². The summed E-state index contributed by atoms with van der Waals surface area (Å²) in [7, 11) is 0. The minimum absolute atomic E-state index is 0.116.